The Morgan fingerprint density at radius 2 is 1.95 bits per heavy atom. The number of benzene rings is 1. The highest BCUT2D eigenvalue weighted by Gasteiger charge is 2.40. The van der Waals surface area contributed by atoms with Gasteiger partial charge in [0.2, 0.25) is 0 Å². The number of aromatic nitrogens is 1. The summed E-state index contributed by atoms with van der Waals surface area (Å²) < 4.78 is 13.0. The fourth-order valence-electron chi connectivity index (χ4n) is 2.54. The molecule has 0 saturated heterocycles. The average molecular weight is 258 g/mol. The van der Waals surface area contributed by atoms with Gasteiger partial charge in [-0.3, -0.25) is 4.79 Å². The van der Waals surface area contributed by atoms with E-state index in [4.69, 9.17) is 0 Å². The van der Waals surface area contributed by atoms with Crippen LogP contribution in [0.2, 0.25) is 0 Å². The lowest BCUT2D eigenvalue weighted by Crippen LogP contribution is -2.50. The van der Waals surface area contributed by atoms with Crippen molar-refractivity contribution in [2.24, 2.45) is 0 Å². The number of halogens is 1. The van der Waals surface area contributed by atoms with E-state index in [0.29, 0.717) is 5.69 Å². The second kappa shape index (κ2) is 4.53. The number of amides is 1. The van der Waals surface area contributed by atoms with E-state index >= 15 is 0 Å². The predicted molar refractivity (Wildman–Crippen MR) is 70.2 cm³/mol. The van der Waals surface area contributed by atoms with E-state index in [1.165, 1.54) is 12.1 Å². The fourth-order valence-corrected chi connectivity index (χ4v) is 2.54. The first-order chi connectivity index (χ1) is 9.20. The number of rotatable bonds is 3. The largest absolute Gasteiger partial charge is 0.357 e. The predicted octanol–water partition coefficient (Wildman–Crippen LogP) is 2.96. The van der Waals surface area contributed by atoms with Crippen LogP contribution in [0.25, 0.3) is 0 Å². The summed E-state index contributed by atoms with van der Waals surface area (Å²) in [5, 5.41) is 3.08. The van der Waals surface area contributed by atoms with Crippen molar-refractivity contribution in [3.63, 3.8) is 0 Å². The van der Waals surface area contributed by atoms with E-state index in [9.17, 15) is 9.18 Å². The highest BCUT2D eigenvalue weighted by atomic mass is 19.1. The third kappa shape index (κ3) is 2.14. The van der Waals surface area contributed by atoms with Crippen molar-refractivity contribution < 1.29 is 9.18 Å². The number of H-pyrrole nitrogens is 1. The zero-order valence-corrected chi connectivity index (χ0v) is 10.4. The van der Waals surface area contributed by atoms with Crippen LogP contribution in [0.5, 0.6) is 0 Å². The first kappa shape index (κ1) is 12.0. The molecule has 19 heavy (non-hydrogen) atoms. The smallest absolute Gasteiger partial charge is 0.268 e. The Kier molecular flexibility index (Phi) is 2.85. The standard InChI is InChI=1S/C15H15FN2O/c16-12-6-4-11(5-7-12)15(8-2-9-15)18-14(19)13-3-1-10-17-13/h1,3-7,10,17H,2,8-9H2,(H,18,19). The van der Waals surface area contributed by atoms with Gasteiger partial charge in [-0.1, -0.05) is 12.1 Å². The first-order valence-electron chi connectivity index (χ1n) is 6.42. The minimum absolute atomic E-state index is 0.117. The molecule has 1 aliphatic carbocycles. The molecule has 0 radical (unpaired) electrons. The molecule has 1 aromatic carbocycles. The number of nitrogens with one attached hydrogen (secondary N) is 2. The average Bonchev–Trinajstić information content (AvgIpc) is 2.89. The molecule has 2 aromatic rings. The van der Waals surface area contributed by atoms with Gasteiger partial charge in [-0.05, 0) is 49.1 Å². The molecule has 98 valence electrons. The van der Waals surface area contributed by atoms with Crippen molar-refractivity contribution in [3.8, 4) is 0 Å². The second-order valence-corrected chi connectivity index (χ2v) is 4.98. The molecule has 1 saturated carbocycles. The quantitative estimate of drug-likeness (QED) is 0.873. The van der Waals surface area contributed by atoms with E-state index in [2.05, 4.69) is 10.3 Å². The van der Waals surface area contributed by atoms with Crippen molar-refractivity contribution >= 4 is 5.91 Å². The Morgan fingerprint density at radius 1 is 1.21 bits per heavy atom. The summed E-state index contributed by atoms with van der Waals surface area (Å²) in [7, 11) is 0. The van der Waals surface area contributed by atoms with E-state index < -0.39 is 0 Å². The molecule has 0 bridgehead atoms. The number of hydrogen-bond acceptors (Lipinski definition) is 1. The first-order valence-corrected chi connectivity index (χ1v) is 6.42. The van der Waals surface area contributed by atoms with Gasteiger partial charge in [-0.25, -0.2) is 4.39 Å². The van der Waals surface area contributed by atoms with E-state index in [-0.39, 0.29) is 17.3 Å². The number of hydrogen-bond donors (Lipinski definition) is 2. The minimum Gasteiger partial charge on any atom is -0.357 e. The highest BCUT2D eigenvalue weighted by Crippen LogP contribution is 2.41. The number of aromatic amines is 1. The molecule has 2 N–H and O–H groups in total. The van der Waals surface area contributed by atoms with Crippen LogP contribution in [-0.4, -0.2) is 10.9 Å². The van der Waals surface area contributed by atoms with Gasteiger partial charge in [0.05, 0.1) is 5.54 Å². The molecular weight excluding hydrogens is 243 g/mol. The van der Waals surface area contributed by atoms with Gasteiger partial charge in [0, 0.05) is 6.20 Å². The topological polar surface area (TPSA) is 44.9 Å². The molecule has 1 aromatic heterocycles. The maximum atomic E-state index is 13.0. The zero-order chi connectivity index (χ0) is 13.3. The lowest BCUT2D eigenvalue weighted by molar-refractivity contribution is 0.0818. The lowest BCUT2D eigenvalue weighted by atomic mass is 9.71. The second-order valence-electron chi connectivity index (χ2n) is 4.98. The lowest BCUT2D eigenvalue weighted by Gasteiger charge is -2.43. The molecule has 3 rings (SSSR count). The van der Waals surface area contributed by atoms with Crippen molar-refractivity contribution in [1.82, 2.24) is 10.3 Å². The summed E-state index contributed by atoms with van der Waals surface area (Å²) in [6.07, 6.45) is 4.58. The number of carbonyl (C=O) groups excluding carboxylic acids is 1. The van der Waals surface area contributed by atoms with Crippen LogP contribution >= 0.6 is 0 Å². The summed E-state index contributed by atoms with van der Waals surface area (Å²) in [6, 6.07) is 9.92. The molecule has 3 nitrogen and oxygen atoms in total. The molecule has 0 atom stereocenters. The van der Waals surface area contributed by atoms with Gasteiger partial charge >= 0.3 is 0 Å². The van der Waals surface area contributed by atoms with Crippen molar-refractivity contribution in [2.75, 3.05) is 0 Å². The molecule has 0 aliphatic heterocycles. The fraction of sp³-hybridized carbons (Fsp3) is 0.267. The van der Waals surface area contributed by atoms with Gasteiger partial charge in [0.15, 0.2) is 0 Å². The van der Waals surface area contributed by atoms with Crippen LogP contribution in [0.15, 0.2) is 42.6 Å². The van der Waals surface area contributed by atoms with E-state index in [1.54, 1.807) is 30.5 Å². The monoisotopic (exact) mass is 258 g/mol. The van der Waals surface area contributed by atoms with Crippen molar-refractivity contribution in [1.29, 1.82) is 0 Å². The molecule has 1 aliphatic rings. The summed E-state index contributed by atoms with van der Waals surface area (Å²) >= 11 is 0. The van der Waals surface area contributed by atoms with Crippen LogP contribution < -0.4 is 5.32 Å². The Balaban J connectivity index is 1.83. The molecular formula is C15H15FN2O. The van der Waals surface area contributed by atoms with Gasteiger partial charge in [0.1, 0.15) is 11.5 Å². The van der Waals surface area contributed by atoms with Crippen LogP contribution in [0, 0.1) is 5.82 Å². The summed E-state index contributed by atoms with van der Waals surface area (Å²) in [5.41, 5.74) is 1.18. The number of carbonyl (C=O) groups is 1. The molecule has 4 heteroatoms. The molecule has 0 spiro atoms. The SMILES string of the molecule is O=C(NC1(c2ccc(F)cc2)CCC1)c1ccc[nH]1. The van der Waals surface area contributed by atoms with Crippen LogP contribution in [0.4, 0.5) is 4.39 Å². The minimum atomic E-state index is -0.337. The van der Waals surface area contributed by atoms with Crippen LogP contribution in [-0.2, 0) is 5.54 Å². The summed E-state index contributed by atoms with van der Waals surface area (Å²) in [6.45, 7) is 0. The Morgan fingerprint density at radius 3 is 2.47 bits per heavy atom. The summed E-state index contributed by atoms with van der Waals surface area (Å²) in [5.74, 6) is -0.372. The van der Waals surface area contributed by atoms with Crippen LogP contribution in [0.1, 0.15) is 35.3 Å². The maximum absolute atomic E-state index is 13.0. The Hall–Kier alpha value is -2.10. The Labute approximate surface area is 110 Å². The van der Waals surface area contributed by atoms with Crippen molar-refractivity contribution in [3.05, 3.63) is 59.7 Å². The highest BCUT2D eigenvalue weighted by molar-refractivity contribution is 5.93. The van der Waals surface area contributed by atoms with Crippen molar-refractivity contribution in [2.45, 2.75) is 24.8 Å². The third-order valence-corrected chi connectivity index (χ3v) is 3.80. The molecule has 0 unspecified atom stereocenters. The third-order valence-electron chi connectivity index (χ3n) is 3.80. The molecule has 1 heterocycles. The van der Waals surface area contributed by atoms with E-state index in [1.807, 2.05) is 0 Å². The summed E-state index contributed by atoms with van der Waals surface area (Å²) in [4.78, 5) is 15.0. The Bertz CT molecular complexity index is 571. The van der Waals surface area contributed by atoms with Crippen LogP contribution in [0.3, 0.4) is 0 Å². The van der Waals surface area contributed by atoms with E-state index in [0.717, 1.165) is 24.8 Å². The maximum Gasteiger partial charge on any atom is 0.268 e. The molecule has 1 fully saturated rings. The zero-order valence-electron chi connectivity index (χ0n) is 10.4. The van der Waals surface area contributed by atoms with Gasteiger partial charge in [-0.2, -0.15) is 0 Å². The molecule has 1 amide bonds. The van der Waals surface area contributed by atoms with Gasteiger partial charge in [-0.15, -0.1) is 0 Å². The van der Waals surface area contributed by atoms with Gasteiger partial charge < -0.3 is 10.3 Å². The van der Waals surface area contributed by atoms with Gasteiger partial charge in [0.25, 0.3) is 5.91 Å². The normalized spacial score (nSPS) is 16.7.